The molecule has 0 aliphatic rings. The highest BCUT2D eigenvalue weighted by Gasteiger charge is 2.06. The van der Waals surface area contributed by atoms with Gasteiger partial charge in [-0.05, 0) is 38.5 Å². The Balaban J connectivity index is 2.25. The first-order valence-electron chi connectivity index (χ1n) is 5.78. The van der Waals surface area contributed by atoms with Crippen LogP contribution in [0.4, 0.5) is 0 Å². The fourth-order valence-electron chi connectivity index (χ4n) is 1.41. The van der Waals surface area contributed by atoms with Crippen molar-refractivity contribution < 1.29 is 0 Å². The first kappa shape index (κ1) is 14.8. The largest absolute Gasteiger partial charge is 0.311 e. The van der Waals surface area contributed by atoms with Gasteiger partial charge in [-0.1, -0.05) is 29.3 Å². The minimum atomic E-state index is 0.172. The smallest absolute Gasteiger partial charge is 0.0595 e. The van der Waals surface area contributed by atoms with Crippen molar-refractivity contribution in [3.05, 3.63) is 33.8 Å². The Kier molecular flexibility index (Phi) is 5.74. The zero-order valence-electron chi connectivity index (χ0n) is 10.6. The molecule has 0 aliphatic carbocycles. The van der Waals surface area contributed by atoms with Crippen LogP contribution in [0.2, 0.25) is 10.0 Å². The van der Waals surface area contributed by atoms with Crippen LogP contribution in [0.3, 0.4) is 0 Å². The Hall–Kier alpha value is -0.280. The van der Waals surface area contributed by atoms with E-state index in [1.807, 2.05) is 18.2 Å². The standard InChI is InChI=1S/C13H20Cl2N2/c1-13(2,3)17-7-6-16-9-10-4-5-11(14)12(15)8-10/h4-5,8,16-17H,6-7,9H2,1-3H3. The molecule has 0 aromatic heterocycles. The van der Waals surface area contributed by atoms with E-state index in [1.54, 1.807) is 0 Å². The third-order valence-electron chi connectivity index (χ3n) is 2.27. The molecule has 1 aromatic rings. The normalized spacial score (nSPS) is 11.8. The number of rotatable bonds is 5. The van der Waals surface area contributed by atoms with Crippen LogP contribution in [0.25, 0.3) is 0 Å². The summed E-state index contributed by atoms with van der Waals surface area (Å²) in [5.41, 5.74) is 1.32. The lowest BCUT2D eigenvalue weighted by Crippen LogP contribution is -2.40. The summed E-state index contributed by atoms with van der Waals surface area (Å²) >= 11 is 11.8. The summed E-state index contributed by atoms with van der Waals surface area (Å²) < 4.78 is 0. The maximum atomic E-state index is 5.94. The lowest BCUT2D eigenvalue weighted by atomic mass is 10.1. The van der Waals surface area contributed by atoms with Gasteiger partial charge in [-0.2, -0.15) is 0 Å². The van der Waals surface area contributed by atoms with Gasteiger partial charge in [0.15, 0.2) is 0 Å². The molecule has 17 heavy (non-hydrogen) atoms. The zero-order valence-corrected chi connectivity index (χ0v) is 12.1. The molecule has 0 saturated heterocycles. The molecule has 0 unspecified atom stereocenters. The zero-order chi connectivity index (χ0) is 12.9. The minimum Gasteiger partial charge on any atom is -0.311 e. The molecule has 0 saturated carbocycles. The Morgan fingerprint density at radius 2 is 1.76 bits per heavy atom. The minimum absolute atomic E-state index is 0.172. The average molecular weight is 275 g/mol. The van der Waals surface area contributed by atoms with Gasteiger partial charge >= 0.3 is 0 Å². The third-order valence-corrected chi connectivity index (χ3v) is 3.01. The fourth-order valence-corrected chi connectivity index (χ4v) is 1.73. The summed E-state index contributed by atoms with van der Waals surface area (Å²) in [6.45, 7) is 9.16. The molecule has 0 heterocycles. The number of hydrogen-bond acceptors (Lipinski definition) is 2. The Bertz CT molecular complexity index is 359. The number of halogens is 2. The van der Waals surface area contributed by atoms with Crippen molar-refractivity contribution in [1.29, 1.82) is 0 Å². The molecule has 0 atom stereocenters. The Labute approximate surface area is 114 Å². The van der Waals surface area contributed by atoms with Crippen molar-refractivity contribution in [3.63, 3.8) is 0 Å². The highest BCUT2D eigenvalue weighted by atomic mass is 35.5. The summed E-state index contributed by atoms with van der Waals surface area (Å²) in [4.78, 5) is 0. The molecule has 0 radical (unpaired) electrons. The van der Waals surface area contributed by atoms with E-state index in [0.717, 1.165) is 25.2 Å². The van der Waals surface area contributed by atoms with Gasteiger partial charge in [0.2, 0.25) is 0 Å². The van der Waals surface area contributed by atoms with Crippen LogP contribution in [0.15, 0.2) is 18.2 Å². The van der Waals surface area contributed by atoms with Crippen LogP contribution in [0, 0.1) is 0 Å². The second-order valence-electron chi connectivity index (χ2n) is 5.10. The van der Waals surface area contributed by atoms with E-state index in [-0.39, 0.29) is 5.54 Å². The molecule has 0 bridgehead atoms. The molecule has 4 heteroatoms. The molecule has 0 spiro atoms. The van der Waals surface area contributed by atoms with Crippen molar-refractivity contribution in [1.82, 2.24) is 10.6 Å². The van der Waals surface area contributed by atoms with E-state index >= 15 is 0 Å². The van der Waals surface area contributed by atoms with Crippen LogP contribution >= 0.6 is 23.2 Å². The molecule has 0 amide bonds. The van der Waals surface area contributed by atoms with E-state index < -0.39 is 0 Å². The van der Waals surface area contributed by atoms with Crippen LogP contribution < -0.4 is 10.6 Å². The second kappa shape index (κ2) is 6.60. The lowest BCUT2D eigenvalue weighted by molar-refractivity contribution is 0.421. The highest BCUT2D eigenvalue weighted by Crippen LogP contribution is 2.22. The molecule has 0 aliphatic heterocycles. The Morgan fingerprint density at radius 3 is 2.35 bits per heavy atom. The fraction of sp³-hybridized carbons (Fsp3) is 0.538. The van der Waals surface area contributed by atoms with Gasteiger partial charge in [0.25, 0.3) is 0 Å². The second-order valence-corrected chi connectivity index (χ2v) is 5.92. The summed E-state index contributed by atoms with van der Waals surface area (Å²) in [6, 6.07) is 5.71. The van der Waals surface area contributed by atoms with Crippen molar-refractivity contribution in [2.75, 3.05) is 13.1 Å². The molecule has 2 N–H and O–H groups in total. The first-order chi connectivity index (χ1) is 7.88. The van der Waals surface area contributed by atoms with Gasteiger partial charge < -0.3 is 10.6 Å². The maximum absolute atomic E-state index is 5.94. The summed E-state index contributed by atoms with van der Waals surface area (Å²) in [7, 11) is 0. The predicted molar refractivity (Wildman–Crippen MR) is 75.9 cm³/mol. The van der Waals surface area contributed by atoms with Gasteiger partial charge in [0.05, 0.1) is 10.0 Å². The molecular formula is C13H20Cl2N2. The summed E-state index contributed by atoms with van der Waals surface area (Å²) in [6.07, 6.45) is 0. The number of nitrogens with one attached hydrogen (secondary N) is 2. The first-order valence-corrected chi connectivity index (χ1v) is 6.54. The number of benzene rings is 1. The maximum Gasteiger partial charge on any atom is 0.0595 e. The number of hydrogen-bond donors (Lipinski definition) is 2. The van der Waals surface area contributed by atoms with E-state index in [1.165, 1.54) is 0 Å². The van der Waals surface area contributed by atoms with Crippen molar-refractivity contribution in [2.45, 2.75) is 32.9 Å². The van der Waals surface area contributed by atoms with Gasteiger partial charge in [-0.25, -0.2) is 0 Å². The van der Waals surface area contributed by atoms with Crippen LogP contribution in [0.5, 0.6) is 0 Å². The van der Waals surface area contributed by atoms with Gasteiger partial charge in [-0.3, -0.25) is 0 Å². The van der Waals surface area contributed by atoms with Crippen molar-refractivity contribution in [2.24, 2.45) is 0 Å². The van der Waals surface area contributed by atoms with E-state index in [2.05, 4.69) is 31.4 Å². The molecule has 1 aromatic carbocycles. The Morgan fingerprint density at radius 1 is 1.06 bits per heavy atom. The molecular weight excluding hydrogens is 255 g/mol. The van der Waals surface area contributed by atoms with Crippen molar-refractivity contribution >= 4 is 23.2 Å². The third kappa shape index (κ3) is 6.27. The lowest BCUT2D eigenvalue weighted by Gasteiger charge is -2.20. The highest BCUT2D eigenvalue weighted by molar-refractivity contribution is 6.42. The molecule has 1 rings (SSSR count). The van der Waals surface area contributed by atoms with E-state index in [9.17, 15) is 0 Å². The summed E-state index contributed by atoms with van der Waals surface area (Å²) in [5.74, 6) is 0. The predicted octanol–water partition coefficient (Wildman–Crippen LogP) is 3.47. The van der Waals surface area contributed by atoms with Crippen LogP contribution in [-0.2, 0) is 6.54 Å². The average Bonchev–Trinajstić information content (AvgIpc) is 2.21. The van der Waals surface area contributed by atoms with Gasteiger partial charge in [0.1, 0.15) is 0 Å². The summed E-state index contributed by atoms with van der Waals surface area (Å²) in [5, 5.41) is 7.99. The van der Waals surface area contributed by atoms with Crippen molar-refractivity contribution in [3.8, 4) is 0 Å². The van der Waals surface area contributed by atoms with Gasteiger partial charge in [-0.15, -0.1) is 0 Å². The monoisotopic (exact) mass is 274 g/mol. The van der Waals surface area contributed by atoms with E-state index in [0.29, 0.717) is 10.0 Å². The van der Waals surface area contributed by atoms with E-state index in [4.69, 9.17) is 23.2 Å². The molecule has 96 valence electrons. The molecule has 0 fully saturated rings. The van der Waals surface area contributed by atoms with Gasteiger partial charge in [0, 0.05) is 25.2 Å². The van der Waals surface area contributed by atoms with Crippen LogP contribution in [0.1, 0.15) is 26.3 Å². The quantitative estimate of drug-likeness (QED) is 0.804. The topological polar surface area (TPSA) is 24.1 Å². The van der Waals surface area contributed by atoms with Crippen LogP contribution in [-0.4, -0.2) is 18.6 Å². The SMILES string of the molecule is CC(C)(C)NCCNCc1ccc(Cl)c(Cl)c1. The molecule has 2 nitrogen and oxygen atoms in total.